The highest BCUT2D eigenvalue weighted by molar-refractivity contribution is 6.31. The van der Waals surface area contributed by atoms with E-state index in [2.05, 4.69) is 4.98 Å². The lowest BCUT2D eigenvalue weighted by Crippen LogP contribution is -2.06. The molecule has 2 N–H and O–H groups in total. The molecule has 0 aliphatic rings. The number of rotatable bonds is 2. The van der Waals surface area contributed by atoms with E-state index in [4.69, 9.17) is 22.1 Å². The Hall–Kier alpha value is -1.95. The summed E-state index contributed by atoms with van der Waals surface area (Å²) in [6.45, 7) is 3.63. The van der Waals surface area contributed by atoms with Crippen molar-refractivity contribution in [2.45, 2.75) is 20.0 Å². The monoisotopic (exact) mass is 316 g/mol. The summed E-state index contributed by atoms with van der Waals surface area (Å²) in [6, 6.07) is 4.17. The first-order valence-corrected chi connectivity index (χ1v) is 6.33. The molecule has 0 amide bonds. The van der Waals surface area contributed by atoms with Crippen LogP contribution in [0.2, 0.25) is 5.02 Å². The van der Waals surface area contributed by atoms with Crippen LogP contribution in [0.15, 0.2) is 24.4 Å². The first-order valence-electron chi connectivity index (χ1n) is 5.96. The zero-order chi connectivity index (χ0) is 15.8. The number of aryl methyl sites for hydroxylation is 2. The molecule has 21 heavy (non-hydrogen) atoms. The Bertz CT molecular complexity index is 687. The van der Waals surface area contributed by atoms with Gasteiger partial charge >= 0.3 is 6.18 Å². The fourth-order valence-electron chi connectivity index (χ4n) is 1.72. The first kappa shape index (κ1) is 15.4. The average Bonchev–Trinajstić information content (AvgIpc) is 2.36. The van der Waals surface area contributed by atoms with E-state index in [0.29, 0.717) is 17.6 Å². The number of halogens is 4. The summed E-state index contributed by atoms with van der Waals surface area (Å²) in [5.74, 6) is 0.295. The van der Waals surface area contributed by atoms with Crippen molar-refractivity contribution in [1.82, 2.24) is 4.98 Å². The molecule has 1 aromatic carbocycles. The Balaban J connectivity index is 2.35. The number of alkyl halides is 3. The topological polar surface area (TPSA) is 48.1 Å². The third-order valence-corrected chi connectivity index (χ3v) is 3.18. The molecule has 0 atom stereocenters. The van der Waals surface area contributed by atoms with Crippen LogP contribution in [-0.4, -0.2) is 4.98 Å². The van der Waals surface area contributed by atoms with Gasteiger partial charge in [-0.15, -0.1) is 0 Å². The fourth-order valence-corrected chi connectivity index (χ4v) is 1.92. The van der Waals surface area contributed by atoms with E-state index in [9.17, 15) is 13.2 Å². The Labute approximate surface area is 124 Å². The Morgan fingerprint density at radius 3 is 2.38 bits per heavy atom. The molecule has 0 aliphatic carbocycles. The molecule has 0 aliphatic heterocycles. The largest absolute Gasteiger partial charge is 0.437 e. The van der Waals surface area contributed by atoms with Gasteiger partial charge in [-0.05, 0) is 31.0 Å². The van der Waals surface area contributed by atoms with Crippen molar-refractivity contribution >= 4 is 17.3 Å². The predicted octanol–water partition coefficient (Wildman–Crippen LogP) is 4.75. The van der Waals surface area contributed by atoms with Gasteiger partial charge in [0.25, 0.3) is 0 Å². The molecule has 2 rings (SSSR count). The van der Waals surface area contributed by atoms with Crippen molar-refractivity contribution in [1.29, 1.82) is 0 Å². The zero-order valence-electron chi connectivity index (χ0n) is 11.3. The molecule has 0 saturated heterocycles. The van der Waals surface area contributed by atoms with Crippen LogP contribution in [0.4, 0.5) is 18.9 Å². The van der Waals surface area contributed by atoms with Crippen molar-refractivity contribution < 1.29 is 17.9 Å². The smallest absolute Gasteiger partial charge is 0.417 e. The highest BCUT2D eigenvalue weighted by atomic mass is 35.5. The van der Waals surface area contributed by atoms with Crippen LogP contribution in [0.5, 0.6) is 11.6 Å². The van der Waals surface area contributed by atoms with Gasteiger partial charge in [-0.3, -0.25) is 0 Å². The molecule has 1 aromatic heterocycles. The fraction of sp³-hybridized carbons (Fsp3) is 0.214. The van der Waals surface area contributed by atoms with Crippen LogP contribution in [0, 0.1) is 13.8 Å². The number of aromatic nitrogens is 1. The number of anilines is 1. The molecular weight excluding hydrogens is 305 g/mol. The standard InChI is InChI=1S/C14H12ClF3N2O/c1-7-3-8(2)12(5-11(7)19)21-13-10(15)4-9(6-20-13)14(16,17)18/h3-6H,19H2,1-2H3. The molecule has 0 spiro atoms. The summed E-state index contributed by atoms with van der Waals surface area (Å²) >= 11 is 5.79. The molecule has 0 saturated carbocycles. The van der Waals surface area contributed by atoms with Crippen molar-refractivity contribution in [2.24, 2.45) is 0 Å². The lowest BCUT2D eigenvalue weighted by molar-refractivity contribution is -0.137. The summed E-state index contributed by atoms with van der Waals surface area (Å²) in [5, 5.41) is -0.219. The number of nitrogens with zero attached hydrogens (tertiary/aromatic N) is 1. The van der Waals surface area contributed by atoms with Crippen molar-refractivity contribution in [3.05, 3.63) is 46.1 Å². The highest BCUT2D eigenvalue weighted by Crippen LogP contribution is 2.36. The minimum Gasteiger partial charge on any atom is -0.437 e. The van der Waals surface area contributed by atoms with Crippen molar-refractivity contribution in [3.8, 4) is 11.6 Å². The van der Waals surface area contributed by atoms with Gasteiger partial charge in [-0.25, -0.2) is 4.98 Å². The van der Waals surface area contributed by atoms with Gasteiger partial charge in [0, 0.05) is 18.0 Å². The van der Waals surface area contributed by atoms with E-state index < -0.39 is 11.7 Å². The third-order valence-electron chi connectivity index (χ3n) is 2.90. The van der Waals surface area contributed by atoms with Gasteiger partial charge in [-0.1, -0.05) is 17.7 Å². The molecule has 2 aromatic rings. The maximum atomic E-state index is 12.5. The van der Waals surface area contributed by atoms with Crippen LogP contribution >= 0.6 is 11.6 Å². The van der Waals surface area contributed by atoms with Crippen molar-refractivity contribution in [2.75, 3.05) is 5.73 Å². The number of ether oxygens (including phenoxy) is 1. The number of hydrogen-bond donors (Lipinski definition) is 1. The van der Waals surface area contributed by atoms with E-state index in [1.165, 1.54) is 0 Å². The molecule has 1 heterocycles. The SMILES string of the molecule is Cc1cc(C)c(Oc2ncc(C(F)(F)F)cc2Cl)cc1N. The van der Waals surface area contributed by atoms with E-state index in [1.54, 1.807) is 13.0 Å². The van der Waals surface area contributed by atoms with Crippen LogP contribution in [-0.2, 0) is 6.18 Å². The van der Waals surface area contributed by atoms with Gasteiger partial charge in [0.15, 0.2) is 0 Å². The predicted molar refractivity (Wildman–Crippen MR) is 74.7 cm³/mol. The lowest BCUT2D eigenvalue weighted by atomic mass is 10.1. The second-order valence-corrected chi connectivity index (χ2v) is 4.99. The van der Waals surface area contributed by atoms with Crippen LogP contribution < -0.4 is 10.5 Å². The van der Waals surface area contributed by atoms with E-state index >= 15 is 0 Å². The molecule has 112 valence electrons. The van der Waals surface area contributed by atoms with Gasteiger partial charge in [0.05, 0.1) is 5.56 Å². The van der Waals surface area contributed by atoms with Gasteiger partial charge in [0.1, 0.15) is 10.8 Å². The second kappa shape index (κ2) is 5.44. The van der Waals surface area contributed by atoms with E-state index in [0.717, 1.165) is 17.2 Å². The van der Waals surface area contributed by atoms with E-state index in [1.807, 2.05) is 13.0 Å². The Morgan fingerprint density at radius 2 is 1.81 bits per heavy atom. The Morgan fingerprint density at radius 1 is 1.14 bits per heavy atom. The average molecular weight is 317 g/mol. The maximum absolute atomic E-state index is 12.5. The summed E-state index contributed by atoms with van der Waals surface area (Å²) in [4.78, 5) is 3.62. The molecule has 0 unspecified atom stereocenters. The van der Waals surface area contributed by atoms with Crippen molar-refractivity contribution in [3.63, 3.8) is 0 Å². The number of pyridine rings is 1. The Kier molecular flexibility index (Phi) is 4.00. The van der Waals surface area contributed by atoms with Gasteiger partial charge < -0.3 is 10.5 Å². The molecule has 7 heteroatoms. The summed E-state index contributed by atoms with van der Waals surface area (Å²) in [5.41, 5.74) is 7.02. The molecule has 3 nitrogen and oxygen atoms in total. The number of nitrogens with two attached hydrogens (primary N) is 1. The first-order chi connectivity index (χ1) is 9.68. The summed E-state index contributed by atoms with van der Waals surface area (Å²) in [7, 11) is 0. The normalized spacial score (nSPS) is 11.5. The number of nitrogen functional groups attached to an aromatic ring is 1. The molecule has 0 bridgehead atoms. The third kappa shape index (κ3) is 3.39. The number of hydrogen-bond acceptors (Lipinski definition) is 3. The van der Waals surface area contributed by atoms with Gasteiger partial charge in [0.2, 0.25) is 5.88 Å². The van der Waals surface area contributed by atoms with Crippen LogP contribution in [0.25, 0.3) is 0 Å². The minimum absolute atomic E-state index is 0.101. The summed E-state index contributed by atoms with van der Waals surface area (Å²) < 4.78 is 43.0. The lowest BCUT2D eigenvalue weighted by Gasteiger charge is -2.13. The van der Waals surface area contributed by atoms with Crippen LogP contribution in [0.3, 0.4) is 0 Å². The highest BCUT2D eigenvalue weighted by Gasteiger charge is 2.31. The zero-order valence-corrected chi connectivity index (χ0v) is 12.0. The second-order valence-electron chi connectivity index (χ2n) is 4.59. The quantitative estimate of drug-likeness (QED) is 0.814. The molecular formula is C14H12ClF3N2O. The molecule has 0 radical (unpaired) electrons. The van der Waals surface area contributed by atoms with Gasteiger partial charge in [-0.2, -0.15) is 13.2 Å². The van der Waals surface area contributed by atoms with Crippen LogP contribution in [0.1, 0.15) is 16.7 Å². The van der Waals surface area contributed by atoms with E-state index in [-0.39, 0.29) is 10.9 Å². The summed E-state index contributed by atoms with van der Waals surface area (Å²) in [6.07, 6.45) is -3.83. The molecule has 0 fully saturated rings. The number of benzene rings is 1. The maximum Gasteiger partial charge on any atom is 0.417 e. The minimum atomic E-state index is -4.50.